The first-order valence-electron chi connectivity index (χ1n) is 16.0. The lowest BCUT2D eigenvalue weighted by Gasteiger charge is -2.56. The number of ether oxygens (including phenoxy) is 3. The standard InChI is InChI=1S/C33H54N2O4/c1-37-31-21-29(12-13-30(31)34)39-17-16-38-15-11-9-7-5-3-2-4-6-8-10-14-35-32(36)25-33-22-26-18-27(23-33)20-28(19-26)24-33/h12-13,21,26-28H,2-11,14-20,22-25,34H2,1H3,(H,35,36). The molecule has 6 nitrogen and oxygen atoms in total. The predicted octanol–water partition coefficient (Wildman–Crippen LogP) is 7.30. The molecule has 220 valence electrons. The third-order valence-electron chi connectivity index (χ3n) is 9.44. The van der Waals surface area contributed by atoms with Gasteiger partial charge in [-0.3, -0.25) is 4.79 Å². The van der Waals surface area contributed by atoms with Gasteiger partial charge in [-0.2, -0.15) is 0 Å². The zero-order valence-corrected chi connectivity index (χ0v) is 24.5. The van der Waals surface area contributed by atoms with Gasteiger partial charge in [-0.1, -0.05) is 51.4 Å². The number of nitrogen functional groups attached to an aromatic ring is 1. The minimum Gasteiger partial charge on any atom is -0.494 e. The normalized spacial score (nSPS) is 25.1. The second-order valence-electron chi connectivity index (χ2n) is 12.8. The molecule has 0 aliphatic heterocycles. The van der Waals surface area contributed by atoms with Gasteiger partial charge in [-0.15, -0.1) is 0 Å². The zero-order chi connectivity index (χ0) is 27.3. The summed E-state index contributed by atoms with van der Waals surface area (Å²) in [7, 11) is 1.60. The number of hydrogen-bond acceptors (Lipinski definition) is 5. The summed E-state index contributed by atoms with van der Waals surface area (Å²) in [6.07, 6.45) is 21.8. The van der Waals surface area contributed by atoms with Gasteiger partial charge in [-0.25, -0.2) is 0 Å². The van der Waals surface area contributed by atoms with E-state index in [2.05, 4.69) is 5.32 Å². The van der Waals surface area contributed by atoms with Crippen molar-refractivity contribution in [3.8, 4) is 11.5 Å². The number of anilines is 1. The predicted molar refractivity (Wildman–Crippen MR) is 158 cm³/mol. The van der Waals surface area contributed by atoms with Crippen molar-refractivity contribution in [1.29, 1.82) is 0 Å². The second-order valence-corrected chi connectivity index (χ2v) is 12.8. The van der Waals surface area contributed by atoms with Crippen LogP contribution in [0.2, 0.25) is 0 Å². The van der Waals surface area contributed by atoms with E-state index in [1.807, 2.05) is 6.07 Å². The highest BCUT2D eigenvalue weighted by atomic mass is 16.5. The number of benzene rings is 1. The van der Waals surface area contributed by atoms with Gasteiger partial charge >= 0.3 is 0 Å². The summed E-state index contributed by atoms with van der Waals surface area (Å²) >= 11 is 0. The Bertz CT molecular complexity index is 838. The number of carbonyl (C=O) groups excluding carboxylic acids is 1. The molecule has 4 aliphatic carbocycles. The van der Waals surface area contributed by atoms with E-state index in [0.717, 1.165) is 55.9 Å². The Morgan fingerprint density at radius 2 is 1.44 bits per heavy atom. The lowest BCUT2D eigenvalue weighted by molar-refractivity contribution is -0.129. The van der Waals surface area contributed by atoms with Crippen LogP contribution in [0.4, 0.5) is 5.69 Å². The quantitative estimate of drug-likeness (QED) is 0.133. The van der Waals surface area contributed by atoms with Crippen LogP contribution in [0.15, 0.2) is 18.2 Å². The largest absolute Gasteiger partial charge is 0.494 e. The third kappa shape index (κ3) is 9.88. The Hall–Kier alpha value is -1.95. The number of unbranched alkanes of at least 4 members (excludes halogenated alkanes) is 9. The van der Waals surface area contributed by atoms with Crippen molar-refractivity contribution < 1.29 is 19.0 Å². The summed E-state index contributed by atoms with van der Waals surface area (Å²) in [6, 6.07) is 5.44. The molecule has 4 saturated carbocycles. The van der Waals surface area contributed by atoms with Gasteiger partial charge in [0.25, 0.3) is 0 Å². The smallest absolute Gasteiger partial charge is 0.220 e. The number of rotatable bonds is 20. The molecule has 0 unspecified atom stereocenters. The summed E-state index contributed by atoms with van der Waals surface area (Å²) in [5.74, 6) is 4.51. The average molecular weight is 543 g/mol. The van der Waals surface area contributed by atoms with Crippen molar-refractivity contribution in [2.24, 2.45) is 23.2 Å². The number of methoxy groups -OCH3 is 1. The molecule has 0 aromatic heterocycles. The summed E-state index contributed by atoms with van der Waals surface area (Å²) in [4.78, 5) is 12.6. The van der Waals surface area contributed by atoms with Gasteiger partial charge < -0.3 is 25.3 Å². The molecule has 39 heavy (non-hydrogen) atoms. The molecule has 6 heteroatoms. The highest BCUT2D eigenvalue weighted by molar-refractivity contribution is 5.76. The molecule has 4 fully saturated rings. The fourth-order valence-corrected chi connectivity index (χ4v) is 7.98. The molecular weight excluding hydrogens is 488 g/mol. The Morgan fingerprint density at radius 3 is 2.05 bits per heavy atom. The van der Waals surface area contributed by atoms with E-state index in [-0.39, 0.29) is 0 Å². The lowest BCUT2D eigenvalue weighted by Crippen LogP contribution is -2.48. The fourth-order valence-electron chi connectivity index (χ4n) is 7.98. The maximum atomic E-state index is 12.6. The van der Waals surface area contributed by atoms with Crippen molar-refractivity contribution in [2.75, 3.05) is 39.2 Å². The van der Waals surface area contributed by atoms with E-state index in [4.69, 9.17) is 19.9 Å². The monoisotopic (exact) mass is 542 g/mol. The zero-order valence-electron chi connectivity index (χ0n) is 24.5. The average Bonchev–Trinajstić information content (AvgIpc) is 2.90. The van der Waals surface area contributed by atoms with Crippen molar-refractivity contribution >= 4 is 11.6 Å². The highest BCUT2D eigenvalue weighted by Gasteiger charge is 2.51. The van der Waals surface area contributed by atoms with Crippen molar-refractivity contribution in [1.82, 2.24) is 5.32 Å². The first kappa shape index (κ1) is 30.0. The van der Waals surface area contributed by atoms with Crippen LogP contribution in [0.5, 0.6) is 11.5 Å². The minimum absolute atomic E-state index is 0.329. The van der Waals surface area contributed by atoms with Gasteiger partial charge in [0.2, 0.25) is 5.91 Å². The number of nitrogens with two attached hydrogens (primary N) is 1. The van der Waals surface area contributed by atoms with Crippen molar-refractivity contribution in [2.45, 2.75) is 109 Å². The second kappa shape index (κ2) is 15.7. The highest BCUT2D eigenvalue weighted by Crippen LogP contribution is 2.61. The number of nitrogens with one attached hydrogen (secondary N) is 1. The molecule has 0 atom stereocenters. The molecule has 0 radical (unpaired) electrons. The SMILES string of the molecule is COc1cc(OCCOCCCCCCCCCCCCNC(=O)CC23CC4CC(CC(C4)C2)C3)ccc1N. The molecular formula is C33H54N2O4. The maximum absolute atomic E-state index is 12.6. The van der Waals surface area contributed by atoms with Gasteiger partial charge in [0.1, 0.15) is 18.1 Å². The Balaban J connectivity index is 0.877. The maximum Gasteiger partial charge on any atom is 0.220 e. The topological polar surface area (TPSA) is 82.8 Å². The summed E-state index contributed by atoms with van der Waals surface area (Å²) in [5.41, 5.74) is 6.80. The van der Waals surface area contributed by atoms with E-state index >= 15 is 0 Å². The molecule has 4 aliphatic rings. The first-order chi connectivity index (χ1) is 19.0. The van der Waals surface area contributed by atoms with Gasteiger partial charge in [-0.05, 0) is 86.7 Å². The van der Waals surface area contributed by atoms with Gasteiger partial charge in [0.15, 0.2) is 0 Å². The summed E-state index contributed by atoms with van der Waals surface area (Å²) in [5, 5.41) is 3.25. The summed E-state index contributed by atoms with van der Waals surface area (Å²) in [6.45, 7) is 2.79. The third-order valence-corrected chi connectivity index (χ3v) is 9.44. The molecule has 0 spiro atoms. The molecule has 1 aromatic carbocycles. The Kier molecular flexibility index (Phi) is 12.1. The van der Waals surface area contributed by atoms with E-state index in [0.29, 0.717) is 36.0 Å². The van der Waals surface area contributed by atoms with Crippen molar-refractivity contribution in [3.05, 3.63) is 18.2 Å². The first-order valence-corrected chi connectivity index (χ1v) is 16.0. The van der Waals surface area contributed by atoms with Crippen LogP contribution in [0.25, 0.3) is 0 Å². The van der Waals surface area contributed by atoms with Crippen molar-refractivity contribution in [3.63, 3.8) is 0 Å². The molecule has 0 saturated heterocycles. The van der Waals surface area contributed by atoms with E-state index in [1.54, 1.807) is 19.2 Å². The molecule has 3 N–H and O–H groups in total. The van der Waals surface area contributed by atoms with E-state index < -0.39 is 0 Å². The van der Waals surface area contributed by atoms with Gasteiger partial charge in [0, 0.05) is 25.6 Å². The summed E-state index contributed by atoms with van der Waals surface area (Å²) < 4.78 is 16.6. The molecule has 5 rings (SSSR count). The molecule has 1 amide bonds. The van der Waals surface area contributed by atoms with Crippen LogP contribution in [0.3, 0.4) is 0 Å². The van der Waals surface area contributed by atoms with Crippen LogP contribution in [-0.2, 0) is 9.53 Å². The molecule has 0 heterocycles. The lowest BCUT2D eigenvalue weighted by atomic mass is 9.49. The van der Waals surface area contributed by atoms with E-state index in [1.165, 1.54) is 89.9 Å². The van der Waals surface area contributed by atoms with Gasteiger partial charge in [0.05, 0.1) is 19.4 Å². The van der Waals surface area contributed by atoms with E-state index in [9.17, 15) is 4.79 Å². The van der Waals surface area contributed by atoms with Crippen LogP contribution in [0.1, 0.15) is 109 Å². The molecule has 4 bridgehead atoms. The number of hydrogen-bond donors (Lipinski definition) is 2. The van der Waals surface area contributed by atoms with Crippen LogP contribution >= 0.6 is 0 Å². The molecule has 1 aromatic rings. The van der Waals surface area contributed by atoms with Crippen LogP contribution in [0, 0.1) is 23.2 Å². The minimum atomic E-state index is 0.329. The number of amides is 1. The fraction of sp³-hybridized carbons (Fsp3) is 0.788. The van der Waals surface area contributed by atoms with Crippen LogP contribution < -0.4 is 20.5 Å². The number of carbonyl (C=O) groups is 1. The Morgan fingerprint density at radius 1 is 0.846 bits per heavy atom. The Labute approximate surface area is 237 Å². The van der Waals surface area contributed by atoms with Crippen LogP contribution in [-0.4, -0.2) is 39.4 Å².